The summed E-state index contributed by atoms with van der Waals surface area (Å²) in [6.07, 6.45) is 0. The van der Waals surface area contributed by atoms with E-state index in [0.29, 0.717) is 10.5 Å². The first kappa shape index (κ1) is 16.8. The summed E-state index contributed by atoms with van der Waals surface area (Å²) in [6, 6.07) is 6.61. The van der Waals surface area contributed by atoms with E-state index in [2.05, 4.69) is 31.9 Å². The van der Waals surface area contributed by atoms with Crippen LogP contribution in [0.1, 0.15) is 0 Å². The van der Waals surface area contributed by atoms with Crippen LogP contribution in [0.5, 0.6) is 5.75 Å². The molecule has 0 spiro atoms. The van der Waals surface area contributed by atoms with Crippen LogP contribution in [-0.2, 0) is 10.1 Å². The van der Waals surface area contributed by atoms with Gasteiger partial charge >= 0.3 is 15.8 Å². The highest BCUT2D eigenvalue weighted by Crippen LogP contribution is 2.33. The highest BCUT2D eigenvalue weighted by atomic mass is 79.9. The Bertz CT molecular complexity index is 857. The highest BCUT2D eigenvalue weighted by Gasteiger charge is 2.26. The standard InChI is InChI=1S/C12H6Br2FNO5S/c13-7-1-3-9(14)12(5-7)22(19,20)21-11-6-8(15)2-4-10(11)16(17)18/h1-6H. The van der Waals surface area contributed by atoms with Gasteiger partial charge in [-0.05, 0) is 40.2 Å². The lowest BCUT2D eigenvalue weighted by atomic mass is 10.3. The van der Waals surface area contributed by atoms with Gasteiger partial charge < -0.3 is 4.18 Å². The lowest BCUT2D eigenvalue weighted by Crippen LogP contribution is -2.12. The Morgan fingerprint density at radius 1 is 1.14 bits per heavy atom. The first-order chi connectivity index (χ1) is 10.2. The topological polar surface area (TPSA) is 86.5 Å². The molecule has 0 aliphatic heterocycles. The van der Waals surface area contributed by atoms with Gasteiger partial charge in [0.25, 0.3) is 0 Å². The number of nitro groups is 1. The normalized spacial score (nSPS) is 11.2. The number of benzene rings is 2. The molecule has 0 saturated heterocycles. The van der Waals surface area contributed by atoms with E-state index in [0.717, 1.165) is 12.1 Å². The molecular weight excluding hydrogens is 449 g/mol. The maximum Gasteiger partial charge on any atom is 0.340 e. The summed E-state index contributed by atoms with van der Waals surface area (Å²) < 4.78 is 43.1. The monoisotopic (exact) mass is 453 g/mol. The molecular formula is C12H6Br2FNO5S. The smallest absolute Gasteiger partial charge is 0.340 e. The Kier molecular flexibility index (Phi) is 4.83. The van der Waals surface area contributed by atoms with Gasteiger partial charge in [0.1, 0.15) is 10.7 Å². The van der Waals surface area contributed by atoms with Gasteiger partial charge in [-0.1, -0.05) is 15.9 Å². The van der Waals surface area contributed by atoms with Crippen molar-refractivity contribution in [3.63, 3.8) is 0 Å². The van der Waals surface area contributed by atoms with Crippen molar-refractivity contribution in [2.24, 2.45) is 0 Å². The Morgan fingerprint density at radius 3 is 2.45 bits per heavy atom. The van der Waals surface area contributed by atoms with Gasteiger partial charge in [0, 0.05) is 21.1 Å². The molecule has 0 atom stereocenters. The minimum absolute atomic E-state index is 0.203. The van der Waals surface area contributed by atoms with Crippen LogP contribution in [0.25, 0.3) is 0 Å². The third-order valence-corrected chi connectivity index (χ3v) is 5.20. The molecule has 0 heterocycles. The second-order valence-electron chi connectivity index (χ2n) is 3.98. The van der Waals surface area contributed by atoms with E-state index in [1.165, 1.54) is 12.1 Å². The first-order valence-electron chi connectivity index (χ1n) is 5.54. The zero-order valence-corrected chi connectivity index (χ0v) is 14.5. The molecule has 0 aromatic heterocycles. The lowest BCUT2D eigenvalue weighted by molar-refractivity contribution is -0.385. The van der Waals surface area contributed by atoms with Crippen LogP contribution in [-0.4, -0.2) is 13.3 Å². The summed E-state index contributed by atoms with van der Waals surface area (Å²) in [5.41, 5.74) is -0.656. The number of nitrogens with zero attached hydrogens (tertiary/aromatic N) is 1. The predicted molar refractivity (Wildman–Crippen MR) is 82.7 cm³/mol. The van der Waals surface area contributed by atoms with Crippen LogP contribution < -0.4 is 4.18 Å². The number of hydrogen-bond donors (Lipinski definition) is 0. The average molecular weight is 455 g/mol. The Hall–Kier alpha value is -1.52. The van der Waals surface area contributed by atoms with E-state index in [-0.39, 0.29) is 9.37 Å². The second kappa shape index (κ2) is 6.31. The zero-order chi connectivity index (χ0) is 16.5. The van der Waals surface area contributed by atoms with Crippen molar-refractivity contribution >= 4 is 47.7 Å². The molecule has 6 nitrogen and oxygen atoms in total. The van der Waals surface area contributed by atoms with Crippen LogP contribution in [0, 0.1) is 15.9 Å². The van der Waals surface area contributed by atoms with E-state index < -0.39 is 32.3 Å². The molecule has 0 N–H and O–H groups in total. The largest absolute Gasteiger partial charge is 0.371 e. The van der Waals surface area contributed by atoms with Gasteiger partial charge in [-0.2, -0.15) is 8.42 Å². The lowest BCUT2D eigenvalue weighted by Gasteiger charge is -2.09. The average Bonchev–Trinajstić information content (AvgIpc) is 2.40. The first-order valence-corrected chi connectivity index (χ1v) is 8.53. The van der Waals surface area contributed by atoms with Gasteiger partial charge in [0.05, 0.1) is 4.92 Å². The third kappa shape index (κ3) is 3.62. The van der Waals surface area contributed by atoms with Crippen LogP contribution in [0.4, 0.5) is 10.1 Å². The van der Waals surface area contributed by atoms with Crippen molar-refractivity contribution in [2.75, 3.05) is 0 Å². The molecule has 0 unspecified atom stereocenters. The van der Waals surface area contributed by atoms with Crippen molar-refractivity contribution in [3.8, 4) is 5.75 Å². The van der Waals surface area contributed by atoms with Crippen molar-refractivity contribution in [1.29, 1.82) is 0 Å². The van der Waals surface area contributed by atoms with Gasteiger partial charge in [-0.25, -0.2) is 4.39 Å². The summed E-state index contributed by atoms with van der Waals surface area (Å²) in [5, 5.41) is 10.9. The fourth-order valence-electron chi connectivity index (χ4n) is 1.54. The molecule has 0 radical (unpaired) electrons. The van der Waals surface area contributed by atoms with Crippen molar-refractivity contribution < 1.29 is 21.9 Å². The van der Waals surface area contributed by atoms with E-state index in [4.69, 9.17) is 4.18 Å². The van der Waals surface area contributed by atoms with E-state index in [9.17, 15) is 22.9 Å². The van der Waals surface area contributed by atoms with Gasteiger partial charge in [-0.15, -0.1) is 0 Å². The second-order valence-corrected chi connectivity index (χ2v) is 7.27. The Labute approximate surface area is 141 Å². The molecule has 22 heavy (non-hydrogen) atoms. The predicted octanol–water partition coefficient (Wildman–Crippen LogP) is 4.03. The van der Waals surface area contributed by atoms with E-state index in [1.54, 1.807) is 6.07 Å². The SMILES string of the molecule is O=[N+]([O-])c1ccc(F)cc1OS(=O)(=O)c1cc(Br)ccc1Br. The van der Waals surface area contributed by atoms with E-state index >= 15 is 0 Å². The van der Waals surface area contributed by atoms with Gasteiger partial charge in [0.15, 0.2) is 0 Å². The summed E-state index contributed by atoms with van der Waals surface area (Å²) in [5.74, 6) is -1.55. The number of nitro benzene ring substituents is 1. The molecule has 0 saturated carbocycles. The molecule has 0 amide bonds. The van der Waals surface area contributed by atoms with Crippen LogP contribution in [0.15, 0.2) is 50.2 Å². The zero-order valence-electron chi connectivity index (χ0n) is 10.5. The molecule has 0 bridgehead atoms. The molecule has 2 aromatic rings. The number of halogens is 3. The van der Waals surface area contributed by atoms with Crippen LogP contribution >= 0.6 is 31.9 Å². The van der Waals surface area contributed by atoms with Crippen LogP contribution in [0.3, 0.4) is 0 Å². The maximum absolute atomic E-state index is 13.2. The summed E-state index contributed by atoms with van der Waals surface area (Å²) in [7, 11) is -4.39. The van der Waals surface area contributed by atoms with Gasteiger partial charge in [0.2, 0.25) is 5.75 Å². The molecule has 2 aromatic carbocycles. The molecule has 0 fully saturated rings. The maximum atomic E-state index is 13.2. The Balaban J connectivity index is 2.52. The molecule has 0 aliphatic rings. The minimum Gasteiger partial charge on any atom is -0.371 e. The molecule has 10 heteroatoms. The van der Waals surface area contributed by atoms with Gasteiger partial charge in [-0.3, -0.25) is 10.1 Å². The summed E-state index contributed by atoms with van der Waals surface area (Å²) in [6.45, 7) is 0. The summed E-state index contributed by atoms with van der Waals surface area (Å²) >= 11 is 6.17. The third-order valence-electron chi connectivity index (χ3n) is 2.48. The van der Waals surface area contributed by atoms with Crippen molar-refractivity contribution in [3.05, 3.63) is 61.3 Å². The Morgan fingerprint density at radius 2 is 1.82 bits per heavy atom. The summed E-state index contributed by atoms with van der Waals surface area (Å²) in [4.78, 5) is 9.76. The van der Waals surface area contributed by atoms with Crippen LogP contribution in [0.2, 0.25) is 0 Å². The fourth-order valence-corrected chi connectivity index (χ4v) is 3.93. The van der Waals surface area contributed by atoms with E-state index in [1.807, 2.05) is 0 Å². The molecule has 0 aliphatic carbocycles. The van der Waals surface area contributed by atoms with Crippen molar-refractivity contribution in [1.82, 2.24) is 0 Å². The fraction of sp³-hybridized carbons (Fsp3) is 0. The number of rotatable bonds is 4. The quantitative estimate of drug-likeness (QED) is 0.395. The van der Waals surface area contributed by atoms with Crippen molar-refractivity contribution in [2.45, 2.75) is 4.90 Å². The highest BCUT2D eigenvalue weighted by molar-refractivity contribution is 9.11. The minimum atomic E-state index is -4.39. The molecule has 2 rings (SSSR count). The number of hydrogen-bond acceptors (Lipinski definition) is 5. The molecule has 116 valence electrons.